The van der Waals surface area contributed by atoms with Crippen LogP contribution in [0.15, 0.2) is 30.0 Å². The van der Waals surface area contributed by atoms with Crippen molar-refractivity contribution in [3.8, 4) is 0 Å². The number of hydrogen-bond acceptors (Lipinski definition) is 3. The Kier molecular flexibility index (Phi) is 16.4. The number of allylic oxidation sites excluding steroid dienone is 2. The number of ether oxygens (including phenoxy) is 1. The zero-order chi connectivity index (χ0) is 15.6. The zero-order valence-electron chi connectivity index (χ0n) is 13.6. The predicted molar refractivity (Wildman–Crippen MR) is 93.7 cm³/mol. The molecule has 120 valence electrons. The Morgan fingerprint density at radius 2 is 1.90 bits per heavy atom. The van der Waals surface area contributed by atoms with E-state index in [1.165, 1.54) is 38.5 Å². The fraction of sp³-hybridized carbons (Fsp3) is 0.667. The van der Waals surface area contributed by atoms with E-state index in [9.17, 15) is 4.79 Å². The fourth-order valence-corrected chi connectivity index (χ4v) is 2.39. The van der Waals surface area contributed by atoms with Gasteiger partial charge in [0.15, 0.2) is 0 Å². The summed E-state index contributed by atoms with van der Waals surface area (Å²) in [4.78, 5) is 10.9. The summed E-state index contributed by atoms with van der Waals surface area (Å²) in [5.41, 5.74) is 3.16. The van der Waals surface area contributed by atoms with Gasteiger partial charge in [-0.2, -0.15) is 11.8 Å². The second-order valence-electron chi connectivity index (χ2n) is 4.87. The Hall–Kier alpha value is -0.920. The van der Waals surface area contributed by atoms with Gasteiger partial charge in [-0.1, -0.05) is 31.9 Å². The summed E-state index contributed by atoms with van der Waals surface area (Å²) in [6, 6.07) is 0. The summed E-state index contributed by atoms with van der Waals surface area (Å²) in [5, 5.41) is 0. The molecule has 0 unspecified atom stereocenters. The second kappa shape index (κ2) is 17.1. The lowest BCUT2D eigenvalue weighted by Crippen LogP contribution is -1.98. The smallest absolute Gasteiger partial charge is 0.305 e. The number of carbonyl (C=O) groups is 1. The van der Waals surface area contributed by atoms with Crippen LogP contribution in [0.3, 0.4) is 0 Å². The maximum atomic E-state index is 10.9. The Morgan fingerprint density at radius 1 is 1.10 bits per heavy atom. The minimum atomic E-state index is -0.134. The van der Waals surface area contributed by atoms with Crippen LogP contribution in [0.4, 0.5) is 0 Å². The molecule has 0 spiro atoms. The zero-order valence-corrected chi connectivity index (χ0v) is 14.4. The number of esters is 1. The largest absolute Gasteiger partial charge is 0.469 e. The van der Waals surface area contributed by atoms with Crippen molar-refractivity contribution >= 4 is 17.7 Å². The first-order valence-electron chi connectivity index (χ1n) is 8.00. The molecule has 0 atom stereocenters. The Balaban J connectivity index is 3.33. The van der Waals surface area contributed by atoms with Gasteiger partial charge in [0.05, 0.1) is 7.11 Å². The molecule has 0 rings (SSSR count). The van der Waals surface area contributed by atoms with Gasteiger partial charge in [0.25, 0.3) is 0 Å². The van der Waals surface area contributed by atoms with Crippen molar-refractivity contribution in [2.24, 2.45) is 0 Å². The number of thioether (sulfide) groups is 1. The summed E-state index contributed by atoms with van der Waals surface area (Å²) in [7, 11) is 1.43. The molecular weight excluding hydrogens is 280 g/mol. The first-order chi connectivity index (χ1) is 10.3. The number of rotatable bonds is 13. The van der Waals surface area contributed by atoms with Crippen molar-refractivity contribution in [1.29, 1.82) is 0 Å². The third kappa shape index (κ3) is 17.0. The van der Waals surface area contributed by atoms with Gasteiger partial charge in [0.2, 0.25) is 0 Å². The summed E-state index contributed by atoms with van der Waals surface area (Å²) in [6.07, 6.45) is 17.2. The van der Waals surface area contributed by atoms with Gasteiger partial charge in [-0.15, -0.1) is 5.73 Å². The van der Waals surface area contributed by atoms with Gasteiger partial charge >= 0.3 is 5.97 Å². The predicted octanol–water partition coefficient (Wildman–Crippen LogP) is 5.30. The van der Waals surface area contributed by atoms with Crippen molar-refractivity contribution in [3.63, 3.8) is 0 Å². The van der Waals surface area contributed by atoms with Crippen molar-refractivity contribution in [3.05, 3.63) is 30.0 Å². The topological polar surface area (TPSA) is 26.3 Å². The summed E-state index contributed by atoms with van der Waals surface area (Å²) in [5.74, 6) is 2.05. The maximum Gasteiger partial charge on any atom is 0.305 e. The van der Waals surface area contributed by atoms with Crippen LogP contribution in [0, 0.1) is 0 Å². The van der Waals surface area contributed by atoms with Crippen LogP contribution in [0.2, 0.25) is 0 Å². The first kappa shape index (κ1) is 20.1. The maximum absolute atomic E-state index is 10.9. The average Bonchev–Trinajstić information content (AvgIpc) is 2.50. The summed E-state index contributed by atoms with van der Waals surface area (Å²) < 4.78 is 4.58. The highest BCUT2D eigenvalue weighted by atomic mass is 32.2. The molecule has 0 aromatic heterocycles. The van der Waals surface area contributed by atoms with E-state index < -0.39 is 0 Å². The van der Waals surface area contributed by atoms with Crippen LogP contribution >= 0.6 is 11.8 Å². The standard InChI is InChI=1S/C18H30O2S/c1-3-4-5-6-7-10-13-16-21-17-14-11-8-9-12-15-18(19)20-2/h7-8,10,14H,3-6,9,12-13,15-17H2,1-2H3/b10-7-. The second-order valence-corrected chi connectivity index (χ2v) is 6.02. The SMILES string of the molecule is CCCCC/C=C\CCSCC=C=CCCCC(=O)OC. The van der Waals surface area contributed by atoms with Crippen LogP contribution in [0.5, 0.6) is 0 Å². The molecule has 0 fully saturated rings. The van der Waals surface area contributed by atoms with Gasteiger partial charge in [-0.25, -0.2) is 0 Å². The first-order valence-corrected chi connectivity index (χ1v) is 9.15. The number of hydrogen-bond donors (Lipinski definition) is 0. The monoisotopic (exact) mass is 310 g/mol. The molecule has 0 amide bonds. The van der Waals surface area contributed by atoms with E-state index in [0.29, 0.717) is 6.42 Å². The lowest BCUT2D eigenvalue weighted by atomic mass is 10.2. The van der Waals surface area contributed by atoms with E-state index in [1.807, 2.05) is 17.8 Å². The molecule has 0 aliphatic rings. The van der Waals surface area contributed by atoms with E-state index in [-0.39, 0.29) is 5.97 Å². The molecular formula is C18H30O2S. The normalized spacial score (nSPS) is 10.4. The number of methoxy groups -OCH3 is 1. The Bertz CT molecular complexity index is 328. The quantitative estimate of drug-likeness (QED) is 0.200. The van der Waals surface area contributed by atoms with Gasteiger partial charge in [-0.05, 0) is 50.0 Å². The Morgan fingerprint density at radius 3 is 2.67 bits per heavy atom. The molecule has 21 heavy (non-hydrogen) atoms. The third-order valence-corrected chi connectivity index (χ3v) is 3.89. The highest BCUT2D eigenvalue weighted by Crippen LogP contribution is 2.05. The molecule has 0 aromatic rings. The molecule has 0 saturated carbocycles. The molecule has 0 N–H and O–H groups in total. The molecule has 0 saturated heterocycles. The van der Waals surface area contributed by atoms with E-state index in [0.717, 1.165) is 25.0 Å². The lowest BCUT2D eigenvalue weighted by molar-refractivity contribution is -0.140. The molecule has 0 heterocycles. The van der Waals surface area contributed by atoms with Crippen LogP contribution in [0.1, 0.15) is 58.3 Å². The van der Waals surface area contributed by atoms with E-state index in [1.54, 1.807) is 0 Å². The fourth-order valence-electron chi connectivity index (χ4n) is 1.71. The third-order valence-electron chi connectivity index (χ3n) is 2.96. The van der Waals surface area contributed by atoms with E-state index in [4.69, 9.17) is 0 Å². The minimum absolute atomic E-state index is 0.134. The van der Waals surface area contributed by atoms with Crippen LogP contribution in [-0.4, -0.2) is 24.6 Å². The molecule has 0 aliphatic heterocycles. The van der Waals surface area contributed by atoms with Gasteiger partial charge in [-0.3, -0.25) is 4.79 Å². The van der Waals surface area contributed by atoms with Crippen molar-refractivity contribution < 1.29 is 9.53 Å². The van der Waals surface area contributed by atoms with Crippen molar-refractivity contribution in [1.82, 2.24) is 0 Å². The highest BCUT2D eigenvalue weighted by molar-refractivity contribution is 7.99. The molecule has 0 aliphatic carbocycles. The molecule has 0 bridgehead atoms. The Labute approximate surface area is 134 Å². The summed E-state index contributed by atoms with van der Waals surface area (Å²) in [6.45, 7) is 2.24. The molecule has 2 nitrogen and oxygen atoms in total. The average molecular weight is 311 g/mol. The molecule has 0 aromatic carbocycles. The van der Waals surface area contributed by atoms with E-state index in [2.05, 4.69) is 35.6 Å². The summed E-state index contributed by atoms with van der Waals surface area (Å²) >= 11 is 1.93. The number of unbranched alkanes of at least 4 members (excludes halogenated alkanes) is 4. The van der Waals surface area contributed by atoms with Gasteiger partial charge < -0.3 is 4.74 Å². The van der Waals surface area contributed by atoms with Crippen LogP contribution in [0.25, 0.3) is 0 Å². The lowest BCUT2D eigenvalue weighted by Gasteiger charge is -1.95. The van der Waals surface area contributed by atoms with E-state index >= 15 is 0 Å². The molecule has 3 heteroatoms. The molecule has 0 radical (unpaired) electrons. The van der Waals surface area contributed by atoms with Gasteiger partial charge in [0, 0.05) is 12.2 Å². The van der Waals surface area contributed by atoms with Crippen molar-refractivity contribution in [2.75, 3.05) is 18.6 Å². The van der Waals surface area contributed by atoms with Crippen LogP contribution in [-0.2, 0) is 9.53 Å². The minimum Gasteiger partial charge on any atom is -0.469 e. The van der Waals surface area contributed by atoms with Gasteiger partial charge in [0.1, 0.15) is 0 Å². The van der Waals surface area contributed by atoms with Crippen LogP contribution < -0.4 is 0 Å². The number of carbonyl (C=O) groups excluding carboxylic acids is 1. The highest BCUT2D eigenvalue weighted by Gasteiger charge is 1.96. The van der Waals surface area contributed by atoms with Crippen molar-refractivity contribution in [2.45, 2.75) is 58.3 Å².